The van der Waals surface area contributed by atoms with Crippen LogP contribution in [-0.2, 0) is 6.54 Å². The van der Waals surface area contributed by atoms with Crippen molar-refractivity contribution in [1.82, 2.24) is 25.2 Å². The fourth-order valence-electron chi connectivity index (χ4n) is 3.13. The van der Waals surface area contributed by atoms with Crippen LogP contribution in [0.3, 0.4) is 0 Å². The first-order chi connectivity index (χ1) is 12.2. The molecule has 3 heterocycles. The van der Waals surface area contributed by atoms with Crippen LogP contribution >= 0.6 is 0 Å². The molecule has 25 heavy (non-hydrogen) atoms. The molecule has 2 atom stereocenters. The average molecular weight is 337 g/mol. The lowest BCUT2D eigenvalue weighted by Gasteiger charge is -2.20. The number of pyridine rings is 1. The lowest BCUT2D eigenvalue weighted by molar-refractivity contribution is 0.232. The number of rotatable bonds is 4. The van der Waals surface area contributed by atoms with Crippen molar-refractivity contribution in [3.8, 4) is 5.75 Å². The van der Waals surface area contributed by atoms with Crippen LogP contribution in [-0.4, -0.2) is 33.3 Å². The Labute approximate surface area is 145 Å². The van der Waals surface area contributed by atoms with E-state index in [9.17, 15) is 4.79 Å². The number of ether oxygens (including phenoxy) is 1. The van der Waals surface area contributed by atoms with Gasteiger partial charge in [-0.3, -0.25) is 4.40 Å². The van der Waals surface area contributed by atoms with Gasteiger partial charge in [0, 0.05) is 23.7 Å². The number of amides is 2. The van der Waals surface area contributed by atoms with Gasteiger partial charge >= 0.3 is 6.03 Å². The fraction of sp³-hybridized carbons (Fsp3) is 0.278. The predicted octanol–water partition coefficient (Wildman–Crippen LogP) is 2.09. The second kappa shape index (κ2) is 6.43. The van der Waals surface area contributed by atoms with Gasteiger partial charge in [0.15, 0.2) is 11.5 Å². The summed E-state index contributed by atoms with van der Waals surface area (Å²) in [6.45, 7) is 2.87. The largest absolute Gasteiger partial charge is 0.493 e. The van der Waals surface area contributed by atoms with E-state index in [0.717, 1.165) is 17.0 Å². The highest BCUT2D eigenvalue weighted by atomic mass is 16.5. The molecule has 0 bridgehead atoms. The van der Waals surface area contributed by atoms with Crippen molar-refractivity contribution in [2.75, 3.05) is 6.61 Å². The van der Waals surface area contributed by atoms with Crippen LogP contribution < -0.4 is 15.4 Å². The third-order valence-corrected chi connectivity index (χ3v) is 4.49. The van der Waals surface area contributed by atoms with Gasteiger partial charge in [0.1, 0.15) is 5.75 Å². The minimum Gasteiger partial charge on any atom is -0.493 e. The highest BCUT2D eigenvalue weighted by molar-refractivity contribution is 5.74. The van der Waals surface area contributed by atoms with Crippen molar-refractivity contribution in [1.29, 1.82) is 0 Å². The summed E-state index contributed by atoms with van der Waals surface area (Å²) in [6.07, 6.45) is 1.87. The van der Waals surface area contributed by atoms with Gasteiger partial charge in [0.05, 0.1) is 13.2 Å². The van der Waals surface area contributed by atoms with Crippen molar-refractivity contribution < 1.29 is 9.53 Å². The summed E-state index contributed by atoms with van der Waals surface area (Å²) in [5.74, 6) is 1.74. The van der Waals surface area contributed by atoms with Gasteiger partial charge in [-0.2, -0.15) is 0 Å². The summed E-state index contributed by atoms with van der Waals surface area (Å²) < 4.78 is 7.54. The number of hydrogen-bond acceptors (Lipinski definition) is 4. The molecule has 2 aromatic heterocycles. The van der Waals surface area contributed by atoms with E-state index in [0.29, 0.717) is 19.0 Å². The minimum absolute atomic E-state index is 0.0428. The minimum atomic E-state index is -0.232. The molecule has 0 spiro atoms. The number of carbonyl (C=O) groups excluding carboxylic acids is 1. The third kappa shape index (κ3) is 3.00. The third-order valence-electron chi connectivity index (χ3n) is 4.49. The van der Waals surface area contributed by atoms with E-state index < -0.39 is 0 Å². The Balaban J connectivity index is 1.36. The topological polar surface area (TPSA) is 80.5 Å². The Bertz CT molecular complexity index is 907. The average Bonchev–Trinajstić information content (AvgIpc) is 3.24. The lowest BCUT2D eigenvalue weighted by Crippen LogP contribution is -2.43. The summed E-state index contributed by atoms with van der Waals surface area (Å²) in [5, 5.41) is 14.0. The number of nitrogens with one attached hydrogen (secondary N) is 2. The van der Waals surface area contributed by atoms with E-state index in [1.165, 1.54) is 0 Å². The van der Waals surface area contributed by atoms with Crippen LogP contribution in [0, 0.1) is 0 Å². The van der Waals surface area contributed by atoms with Crippen molar-refractivity contribution >= 4 is 11.7 Å². The molecule has 2 N–H and O–H groups in total. The number of fused-ring (bicyclic) bond motifs is 2. The van der Waals surface area contributed by atoms with Gasteiger partial charge in [0.2, 0.25) is 0 Å². The summed E-state index contributed by atoms with van der Waals surface area (Å²) in [4.78, 5) is 12.2. The second-order valence-electron chi connectivity index (χ2n) is 6.12. The van der Waals surface area contributed by atoms with Crippen LogP contribution in [0.1, 0.15) is 24.2 Å². The Kier molecular flexibility index (Phi) is 3.97. The molecular weight excluding hydrogens is 318 g/mol. The number of carbonyl (C=O) groups is 1. The molecule has 2 amide bonds. The van der Waals surface area contributed by atoms with Gasteiger partial charge in [-0.05, 0) is 25.1 Å². The number of urea groups is 1. The molecule has 3 aromatic rings. The summed E-state index contributed by atoms with van der Waals surface area (Å²) in [5.41, 5.74) is 1.89. The van der Waals surface area contributed by atoms with Crippen LogP contribution in [0.5, 0.6) is 5.75 Å². The molecule has 0 fully saturated rings. The molecule has 128 valence electrons. The zero-order valence-corrected chi connectivity index (χ0v) is 13.8. The molecular formula is C18H19N5O2. The first-order valence-corrected chi connectivity index (χ1v) is 8.27. The monoisotopic (exact) mass is 337 g/mol. The number of benzene rings is 1. The molecule has 1 aromatic carbocycles. The van der Waals surface area contributed by atoms with Gasteiger partial charge in [-0.25, -0.2) is 4.79 Å². The molecule has 0 saturated carbocycles. The Morgan fingerprint density at radius 3 is 3.04 bits per heavy atom. The molecule has 7 heteroatoms. The number of nitrogens with zero attached hydrogens (tertiary/aromatic N) is 3. The standard InChI is InChI=1S/C18H19N5O2/c1-12(14-11-25-15-7-3-2-6-13(14)15)20-18(24)19-10-17-22-21-16-8-4-5-9-23(16)17/h2-9,12,14H,10-11H2,1H3,(H2,19,20,24)/t12-,14-/m0/s1. The van der Waals surface area contributed by atoms with Crippen molar-refractivity contribution in [3.63, 3.8) is 0 Å². The first-order valence-electron chi connectivity index (χ1n) is 8.27. The maximum absolute atomic E-state index is 12.2. The van der Waals surface area contributed by atoms with Crippen molar-refractivity contribution in [2.24, 2.45) is 0 Å². The highest BCUT2D eigenvalue weighted by Crippen LogP contribution is 2.35. The number of para-hydroxylation sites is 1. The molecule has 0 unspecified atom stereocenters. The fourth-order valence-corrected chi connectivity index (χ4v) is 3.13. The maximum atomic E-state index is 12.2. The van der Waals surface area contributed by atoms with E-state index in [4.69, 9.17) is 4.74 Å². The molecule has 0 radical (unpaired) electrons. The number of hydrogen-bond donors (Lipinski definition) is 2. The summed E-state index contributed by atoms with van der Waals surface area (Å²) in [6, 6.07) is 13.3. The highest BCUT2D eigenvalue weighted by Gasteiger charge is 2.29. The van der Waals surface area contributed by atoms with Gasteiger partial charge in [-0.15, -0.1) is 10.2 Å². The van der Waals surface area contributed by atoms with E-state index in [1.54, 1.807) is 0 Å². The van der Waals surface area contributed by atoms with Crippen LogP contribution in [0.2, 0.25) is 0 Å². The Hall–Kier alpha value is -3.09. The zero-order valence-electron chi connectivity index (χ0n) is 13.8. The molecule has 4 rings (SSSR count). The summed E-state index contributed by atoms with van der Waals surface area (Å²) in [7, 11) is 0. The normalized spacial score (nSPS) is 16.9. The Morgan fingerprint density at radius 2 is 2.12 bits per heavy atom. The van der Waals surface area contributed by atoms with Crippen LogP contribution in [0.25, 0.3) is 5.65 Å². The lowest BCUT2D eigenvalue weighted by atomic mass is 9.94. The maximum Gasteiger partial charge on any atom is 0.315 e. The smallest absolute Gasteiger partial charge is 0.315 e. The van der Waals surface area contributed by atoms with Gasteiger partial charge < -0.3 is 15.4 Å². The van der Waals surface area contributed by atoms with Gasteiger partial charge in [-0.1, -0.05) is 24.3 Å². The molecule has 0 aliphatic carbocycles. The van der Waals surface area contributed by atoms with E-state index in [1.807, 2.05) is 60.0 Å². The molecule has 1 aliphatic rings. The molecule has 7 nitrogen and oxygen atoms in total. The SMILES string of the molecule is C[C@H](NC(=O)NCc1nnc2ccccn12)[C@@H]1COc2ccccc21. The second-order valence-corrected chi connectivity index (χ2v) is 6.12. The van der Waals surface area contributed by atoms with Crippen LogP contribution in [0.15, 0.2) is 48.7 Å². The van der Waals surface area contributed by atoms with Crippen LogP contribution in [0.4, 0.5) is 4.79 Å². The van der Waals surface area contributed by atoms with Crippen molar-refractivity contribution in [2.45, 2.75) is 25.4 Å². The predicted molar refractivity (Wildman–Crippen MR) is 92.5 cm³/mol. The van der Waals surface area contributed by atoms with E-state index >= 15 is 0 Å². The Morgan fingerprint density at radius 1 is 1.28 bits per heavy atom. The zero-order chi connectivity index (χ0) is 17.2. The van der Waals surface area contributed by atoms with Gasteiger partial charge in [0.25, 0.3) is 0 Å². The van der Waals surface area contributed by atoms with E-state index in [-0.39, 0.29) is 18.0 Å². The quantitative estimate of drug-likeness (QED) is 0.764. The molecule has 1 aliphatic heterocycles. The molecule has 0 saturated heterocycles. The number of aromatic nitrogens is 3. The van der Waals surface area contributed by atoms with E-state index in [2.05, 4.69) is 20.8 Å². The van der Waals surface area contributed by atoms with Crippen molar-refractivity contribution in [3.05, 3.63) is 60.0 Å². The first kappa shape index (κ1) is 15.4. The summed E-state index contributed by atoms with van der Waals surface area (Å²) >= 11 is 0.